The van der Waals surface area contributed by atoms with E-state index in [2.05, 4.69) is 0 Å². The average Bonchev–Trinajstić information content (AvgIpc) is 3.54. The van der Waals surface area contributed by atoms with E-state index in [-0.39, 0.29) is 12.2 Å². The van der Waals surface area contributed by atoms with Crippen molar-refractivity contribution in [3.05, 3.63) is 112 Å². The number of hydrogen-bond acceptors (Lipinski definition) is 7. The van der Waals surface area contributed by atoms with Gasteiger partial charge in [0.05, 0.1) is 29.5 Å². The van der Waals surface area contributed by atoms with Gasteiger partial charge in [0, 0.05) is 10.4 Å². The monoisotopic (exact) mass is 530 g/mol. The van der Waals surface area contributed by atoms with Gasteiger partial charge in [0.25, 0.3) is 5.56 Å². The average molecular weight is 531 g/mol. The van der Waals surface area contributed by atoms with Gasteiger partial charge in [-0.2, -0.15) is 0 Å². The van der Waals surface area contributed by atoms with Crippen molar-refractivity contribution in [2.45, 2.75) is 26.8 Å². The zero-order chi connectivity index (χ0) is 26.1. The number of carbonyl (C=O) groups excluding carboxylic acids is 1. The molecule has 0 spiro atoms. The maximum absolute atomic E-state index is 13.9. The number of benzene rings is 2. The van der Waals surface area contributed by atoms with Crippen LogP contribution in [0.2, 0.25) is 0 Å². The van der Waals surface area contributed by atoms with E-state index in [0.29, 0.717) is 20.6 Å². The molecule has 2 aromatic carbocycles. The number of thiazole rings is 1. The SMILES string of the molecule is CCOC(=O)C1=C(c2ccccc2)N=c2sc(=Cc3cc(C)c(OC)cc3C)c(=O)n2C1c1cccs1. The summed E-state index contributed by atoms with van der Waals surface area (Å²) in [5.41, 5.74) is 4.42. The van der Waals surface area contributed by atoms with Gasteiger partial charge in [-0.3, -0.25) is 9.36 Å². The van der Waals surface area contributed by atoms with Crippen LogP contribution in [-0.2, 0) is 9.53 Å². The molecule has 188 valence electrons. The van der Waals surface area contributed by atoms with E-state index < -0.39 is 12.0 Å². The van der Waals surface area contributed by atoms with Crippen molar-refractivity contribution in [3.8, 4) is 5.75 Å². The van der Waals surface area contributed by atoms with Crippen molar-refractivity contribution in [3.63, 3.8) is 0 Å². The molecule has 1 atom stereocenters. The number of carbonyl (C=O) groups is 1. The Morgan fingerprint density at radius 3 is 2.57 bits per heavy atom. The van der Waals surface area contributed by atoms with E-state index >= 15 is 0 Å². The maximum atomic E-state index is 13.9. The normalized spacial score (nSPS) is 15.4. The molecule has 1 aliphatic heterocycles. The van der Waals surface area contributed by atoms with Gasteiger partial charge in [0.1, 0.15) is 11.8 Å². The lowest BCUT2D eigenvalue weighted by Crippen LogP contribution is -2.39. The summed E-state index contributed by atoms with van der Waals surface area (Å²) in [4.78, 5) is 33.6. The predicted molar refractivity (Wildman–Crippen MR) is 148 cm³/mol. The Morgan fingerprint density at radius 2 is 1.89 bits per heavy atom. The van der Waals surface area contributed by atoms with Gasteiger partial charge < -0.3 is 9.47 Å². The van der Waals surface area contributed by atoms with E-state index in [1.165, 1.54) is 22.7 Å². The number of nitrogens with zero attached hydrogens (tertiary/aromatic N) is 2. The van der Waals surface area contributed by atoms with Gasteiger partial charge in [-0.05, 0) is 67.1 Å². The molecule has 2 aromatic heterocycles. The standard InChI is InChI=1S/C29H26N2O4S2/c1-5-35-28(33)24-25(19-10-7-6-8-11-19)30-29-31(26(24)22-12-9-13-36-22)27(32)23(37-29)16-20-14-18(3)21(34-4)15-17(20)2/h6-16,26H,5H2,1-4H3. The Hall–Kier alpha value is -3.75. The van der Waals surface area contributed by atoms with E-state index in [9.17, 15) is 9.59 Å². The minimum Gasteiger partial charge on any atom is -0.496 e. The lowest BCUT2D eigenvalue weighted by molar-refractivity contribution is -0.138. The second-order valence-corrected chi connectivity index (χ2v) is 10.6. The molecule has 1 unspecified atom stereocenters. The van der Waals surface area contributed by atoms with Gasteiger partial charge in [-0.1, -0.05) is 47.7 Å². The number of hydrogen-bond donors (Lipinski definition) is 0. The van der Waals surface area contributed by atoms with E-state index in [1.807, 2.05) is 79.9 Å². The number of aryl methyl sites for hydroxylation is 2. The summed E-state index contributed by atoms with van der Waals surface area (Å²) in [5.74, 6) is 0.333. The highest BCUT2D eigenvalue weighted by Gasteiger charge is 2.35. The van der Waals surface area contributed by atoms with Crippen molar-refractivity contribution in [2.24, 2.45) is 4.99 Å². The molecule has 0 saturated heterocycles. The summed E-state index contributed by atoms with van der Waals surface area (Å²) in [7, 11) is 1.65. The highest BCUT2D eigenvalue weighted by atomic mass is 32.1. The van der Waals surface area contributed by atoms with E-state index in [4.69, 9.17) is 14.5 Å². The van der Waals surface area contributed by atoms with E-state index in [1.54, 1.807) is 18.6 Å². The Bertz CT molecular complexity index is 1680. The lowest BCUT2D eigenvalue weighted by atomic mass is 9.97. The molecular formula is C29H26N2O4S2. The summed E-state index contributed by atoms with van der Waals surface area (Å²) in [6.07, 6.45) is 1.90. The van der Waals surface area contributed by atoms with Crippen molar-refractivity contribution < 1.29 is 14.3 Å². The van der Waals surface area contributed by atoms with Crippen LogP contribution < -0.4 is 19.6 Å². The second-order valence-electron chi connectivity index (χ2n) is 8.63. The molecular weight excluding hydrogens is 504 g/mol. The first-order valence-corrected chi connectivity index (χ1v) is 13.6. The number of fused-ring (bicyclic) bond motifs is 1. The molecule has 0 fully saturated rings. The maximum Gasteiger partial charge on any atom is 0.338 e. The molecule has 1 aliphatic rings. The third-order valence-electron chi connectivity index (χ3n) is 6.26. The van der Waals surface area contributed by atoms with Gasteiger partial charge >= 0.3 is 5.97 Å². The summed E-state index contributed by atoms with van der Waals surface area (Å²) in [5, 5.41) is 1.94. The van der Waals surface area contributed by atoms with Crippen molar-refractivity contribution in [1.82, 2.24) is 4.57 Å². The Morgan fingerprint density at radius 1 is 1.11 bits per heavy atom. The van der Waals surface area contributed by atoms with Crippen LogP contribution in [0.15, 0.2) is 75.3 Å². The number of esters is 1. The van der Waals surface area contributed by atoms with Crippen LogP contribution in [0.25, 0.3) is 11.8 Å². The lowest BCUT2D eigenvalue weighted by Gasteiger charge is -2.24. The number of thiophene rings is 1. The minimum absolute atomic E-state index is 0.191. The molecule has 0 radical (unpaired) electrons. The first kappa shape index (κ1) is 24.9. The zero-order valence-electron chi connectivity index (χ0n) is 21.0. The molecule has 8 heteroatoms. The van der Waals surface area contributed by atoms with Crippen LogP contribution >= 0.6 is 22.7 Å². The zero-order valence-corrected chi connectivity index (χ0v) is 22.6. The van der Waals surface area contributed by atoms with Crippen LogP contribution in [0.5, 0.6) is 5.75 Å². The van der Waals surface area contributed by atoms with Crippen LogP contribution in [0.3, 0.4) is 0 Å². The summed E-state index contributed by atoms with van der Waals surface area (Å²) in [6.45, 7) is 5.97. The number of rotatable bonds is 6. The third kappa shape index (κ3) is 4.58. The highest BCUT2D eigenvalue weighted by molar-refractivity contribution is 7.10. The molecule has 5 rings (SSSR count). The molecule has 4 aromatic rings. The van der Waals surface area contributed by atoms with Crippen molar-refractivity contribution in [1.29, 1.82) is 0 Å². The molecule has 0 saturated carbocycles. The fourth-order valence-electron chi connectivity index (χ4n) is 4.49. The topological polar surface area (TPSA) is 69.9 Å². The van der Waals surface area contributed by atoms with Crippen molar-refractivity contribution >= 4 is 40.4 Å². The van der Waals surface area contributed by atoms with Crippen molar-refractivity contribution in [2.75, 3.05) is 13.7 Å². The fraction of sp³-hybridized carbons (Fsp3) is 0.207. The number of methoxy groups -OCH3 is 1. The van der Waals surface area contributed by atoms with Gasteiger partial charge in [-0.25, -0.2) is 9.79 Å². The van der Waals surface area contributed by atoms with Gasteiger partial charge in [-0.15, -0.1) is 11.3 Å². The van der Waals surface area contributed by atoms with Crippen LogP contribution in [-0.4, -0.2) is 24.3 Å². The molecule has 0 bridgehead atoms. The minimum atomic E-state index is -0.633. The summed E-state index contributed by atoms with van der Waals surface area (Å²) < 4.78 is 13.1. The number of ether oxygens (including phenoxy) is 2. The predicted octanol–water partition coefficient (Wildman–Crippen LogP) is 4.62. The quantitative estimate of drug-likeness (QED) is 0.341. The molecule has 37 heavy (non-hydrogen) atoms. The molecule has 3 heterocycles. The van der Waals surface area contributed by atoms with Gasteiger partial charge in [0.15, 0.2) is 4.80 Å². The first-order valence-electron chi connectivity index (χ1n) is 11.9. The number of aromatic nitrogens is 1. The second kappa shape index (κ2) is 10.3. The first-order chi connectivity index (χ1) is 17.9. The smallest absolute Gasteiger partial charge is 0.338 e. The molecule has 0 N–H and O–H groups in total. The third-order valence-corrected chi connectivity index (χ3v) is 8.16. The largest absolute Gasteiger partial charge is 0.496 e. The Balaban J connectivity index is 1.80. The summed E-state index contributed by atoms with van der Waals surface area (Å²) in [6, 6.07) is 16.8. The molecule has 6 nitrogen and oxygen atoms in total. The molecule has 0 aliphatic carbocycles. The molecule has 0 amide bonds. The van der Waals surface area contributed by atoms with E-state index in [0.717, 1.165) is 32.9 Å². The van der Waals surface area contributed by atoms with Crippen LogP contribution in [0.4, 0.5) is 0 Å². The highest BCUT2D eigenvalue weighted by Crippen LogP contribution is 2.36. The van der Waals surface area contributed by atoms with Crippen LogP contribution in [0.1, 0.15) is 40.1 Å². The fourth-order valence-corrected chi connectivity index (χ4v) is 6.30. The van der Waals surface area contributed by atoms with Crippen LogP contribution in [0, 0.1) is 13.8 Å². The summed E-state index contributed by atoms with van der Waals surface area (Å²) >= 11 is 2.82. The Kier molecular flexibility index (Phi) is 6.95. The Labute approximate surface area is 222 Å². The van der Waals surface area contributed by atoms with Gasteiger partial charge in [0.2, 0.25) is 0 Å².